The minimum absolute atomic E-state index is 0.420. The van der Waals surface area contributed by atoms with Crippen LogP contribution in [-0.4, -0.2) is 16.1 Å². The maximum atomic E-state index is 4.87. The van der Waals surface area contributed by atoms with Crippen LogP contribution in [0, 0.1) is 0 Å². The molecule has 0 bridgehead atoms. The Morgan fingerprint density at radius 2 is 2.18 bits per heavy atom. The van der Waals surface area contributed by atoms with E-state index in [-0.39, 0.29) is 0 Å². The summed E-state index contributed by atoms with van der Waals surface area (Å²) in [7, 11) is 0. The lowest BCUT2D eigenvalue weighted by Crippen LogP contribution is -2.42. The third-order valence-electron chi connectivity index (χ3n) is 4.69. The molecular formula is C14H23N3. The number of hydrogen-bond acceptors (Lipinski definition) is 2. The predicted molar refractivity (Wildman–Crippen MR) is 69.1 cm³/mol. The van der Waals surface area contributed by atoms with Crippen LogP contribution < -0.4 is 5.32 Å². The highest BCUT2D eigenvalue weighted by Gasteiger charge is 2.40. The lowest BCUT2D eigenvalue weighted by molar-refractivity contribution is 0.127. The first kappa shape index (κ1) is 11.3. The smallest absolute Gasteiger partial charge is 0.109 e. The van der Waals surface area contributed by atoms with Crippen molar-refractivity contribution in [1.29, 1.82) is 0 Å². The van der Waals surface area contributed by atoms with Crippen molar-refractivity contribution in [2.75, 3.05) is 6.54 Å². The summed E-state index contributed by atoms with van der Waals surface area (Å²) in [6.45, 7) is 6.66. The molecule has 0 radical (unpaired) electrons. The molecule has 0 aromatic carbocycles. The predicted octanol–water partition coefficient (Wildman–Crippen LogP) is 2.38. The molecule has 0 atom stereocenters. The molecule has 1 N–H and O–H groups in total. The molecule has 1 aliphatic heterocycles. The van der Waals surface area contributed by atoms with Gasteiger partial charge in [-0.05, 0) is 25.7 Å². The van der Waals surface area contributed by atoms with Gasteiger partial charge in [0.25, 0.3) is 0 Å². The number of aryl methyl sites for hydroxylation is 1. The molecule has 1 aromatic rings. The van der Waals surface area contributed by atoms with Crippen LogP contribution in [0.4, 0.5) is 0 Å². The minimum atomic E-state index is 0.420. The monoisotopic (exact) mass is 233 g/mol. The minimum Gasteiger partial charge on any atom is -0.326 e. The average molecular weight is 233 g/mol. The first-order chi connectivity index (χ1) is 8.30. The fourth-order valence-corrected chi connectivity index (χ4v) is 3.48. The van der Waals surface area contributed by atoms with Gasteiger partial charge in [-0.15, -0.1) is 0 Å². The number of nitrogens with one attached hydrogen (secondary N) is 1. The Morgan fingerprint density at radius 1 is 1.35 bits per heavy atom. The normalized spacial score (nSPS) is 22.0. The second-order valence-electron chi connectivity index (χ2n) is 5.47. The van der Waals surface area contributed by atoms with E-state index in [4.69, 9.17) is 4.98 Å². The first-order valence-corrected chi connectivity index (χ1v) is 7.11. The van der Waals surface area contributed by atoms with Crippen molar-refractivity contribution in [3.05, 3.63) is 17.2 Å². The molecule has 0 unspecified atom stereocenters. The summed E-state index contributed by atoms with van der Waals surface area (Å²) in [5, 5.41) is 3.44. The number of fused-ring (bicyclic) bond motifs is 1. The van der Waals surface area contributed by atoms with Gasteiger partial charge in [-0.2, -0.15) is 0 Å². The topological polar surface area (TPSA) is 29.9 Å². The third-order valence-corrected chi connectivity index (χ3v) is 4.69. The van der Waals surface area contributed by atoms with Crippen LogP contribution in [0.5, 0.6) is 0 Å². The van der Waals surface area contributed by atoms with E-state index < -0.39 is 0 Å². The molecular weight excluding hydrogens is 210 g/mol. The van der Waals surface area contributed by atoms with Crippen molar-refractivity contribution < 1.29 is 0 Å². The number of imidazole rings is 1. The standard InChI is InChI=1S/C14H23N3/c1-3-13-16-11-10-15-9-6-12(11)17(13)14(4-2)7-5-8-14/h15H,3-10H2,1-2H3. The molecule has 3 nitrogen and oxygen atoms in total. The van der Waals surface area contributed by atoms with Gasteiger partial charge < -0.3 is 9.88 Å². The van der Waals surface area contributed by atoms with E-state index in [0.717, 1.165) is 25.9 Å². The van der Waals surface area contributed by atoms with Crippen LogP contribution >= 0.6 is 0 Å². The molecule has 1 fully saturated rings. The molecule has 3 heteroatoms. The van der Waals surface area contributed by atoms with Crippen LogP contribution in [0.1, 0.15) is 56.7 Å². The second-order valence-corrected chi connectivity index (χ2v) is 5.47. The Hall–Kier alpha value is -0.830. The summed E-state index contributed by atoms with van der Waals surface area (Å²) in [6, 6.07) is 0. The van der Waals surface area contributed by atoms with Crippen LogP contribution in [0.3, 0.4) is 0 Å². The van der Waals surface area contributed by atoms with Gasteiger partial charge in [0, 0.05) is 37.2 Å². The summed E-state index contributed by atoms with van der Waals surface area (Å²) in [4.78, 5) is 4.87. The number of aromatic nitrogens is 2. The van der Waals surface area contributed by atoms with Crippen molar-refractivity contribution in [3.63, 3.8) is 0 Å². The van der Waals surface area contributed by atoms with Gasteiger partial charge in [0.1, 0.15) is 5.82 Å². The third kappa shape index (κ3) is 1.55. The van der Waals surface area contributed by atoms with E-state index in [1.807, 2.05) is 0 Å². The van der Waals surface area contributed by atoms with E-state index >= 15 is 0 Å². The highest BCUT2D eigenvalue weighted by Crippen LogP contribution is 2.44. The second kappa shape index (κ2) is 4.13. The molecule has 1 aliphatic carbocycles. The Bertz CT molecular complexity index is 410. The highest BCUT2D eigenvalue weighted by atomic mass is 15.2. The fourth-order valence-electron chi connectivity index (χ4n) is 3.48. The first-order valence-electron chi connectivity index (χ1n) is 7.11. The molecule has 3 rings (SSSR count). The van der Waals surface area contributed by atoms with Crippen molar-refractivity contribution in [1.82, 2.24) is 14.9 Å². The molecule has 17 heavy (non-hydrogen) atoms. The number of rotatable bonds is 3. The van der Waals surface area contributed by atoms with E-state index in [9.17, 15) is 0 Å². The van der Waals surface area contributed by atoms with Gasteiger partial charge in [0.2, 0.25) is 0 Å². The number of nitrogens with zero attached hydrogens (tertiary/aromatic N) is 2. The summed E-state index contributed by atoms with van der Waals surface area (Å²) < 4.78 is 2.63. The Balaban J connectivity index is 2.10. The zero-order chi connectivity index (χ0) is 11.9. The molecule has 1 saturated carbocycles. The SMILES string of the molecule is CCc1nc2c(n1C1(CC)CCC1)CCNC2. The zero-order valence-corrected chi connectivity index (χ0v) is 11.1. The fraction of sp³-hybridized carbons (Fsp3) is 0.786. The Labute approximate surface area is 104 Å². The van der Waals surface area contributed by atoms with Crippen molar-refractivity contribution in [2.45, 2.75) is 64.5 Å². The quantitative estimate of drug-likeness (QED) is 0.868. The van der Waals surface area contributed by atoms with Gasteiger partial charge in [0.05, 0.1) is 5.69 Å². The molecule has 0 amide bonds. The Kier molecular flexibility index (Phi) is 2.74. The van der Waals surface area contributed by atoms with Gasteiger partial charge in [-0.3, -0.25) is 0 Å². The van der Waals surface area contributed by atoms with Crippen LogP contribution in [0.2, 0.25) is 0 Å². The Morgan fingerprint density at radius 3 is 2.76 bits per heavy atom. The lowest BCUT2D eigenvalue weighted by Gasteiger charge is -2.45. The van der Waals surface area contributed by atoms with E-state index in [1.54, 1.807) is 0 Å². The molecule has 0 saturated heterocycles. The van der Waals surface area contributed by atoms with Gasteiger partial charge in [-0.25, -0.2) is 4.98 Å². The van der Waals surface area contributed by atoms with Crippen LogP contribution in [0.25, 0.3) is 0 Å². The summed E-state index contributed by atoms with van der Waals surface area (Å²) in [6.07, 6.45) is 7.58. The van der Waals surface area contributed by atoms with Gasteiger partial charge in [0.15, 0.2) is 0 Å². The van der Waals surface area contributed by atoms with Crippen molar-refractivity contribution >= 4 is 0 Å². The molecule has 0 spiro atoms. The maximum Gasteiger partial charge on any atom is 0.109 e. The van der Waals surface area contributed by atoms with Crippen molar-refractivity contribution in [2.24, 2.45) is 0 Å². The highest BCUT2D eigenvalue weighted by molar-refractivity contribution is 5.24. The zero-order valence-electron chi connectivity index (χ0n) is 11.1. The van der Waals surface area contributed by atoms with E-state index in [1.165, 1.54) is 42.9 Å². The largest absolute Gasteiger partial charge is 0.326 e. The molecule has 2 heterocycles. The molecule has 1 aromatic heterocycles. The summed E-state index contributed by atoms with van der Waals surface area (Å²) in [5.41, 5.74) is 3.26. The lowest BCUT2D eigenvalue weighted by atomic mass is 9.74. The maximum absolute atomic E-state index is 4.87. The summed E-state index contributed by atoms with van der Waals surface area (Å²) >= 11 is 0. The average Bonchev–Trinajstić information content (AvgIpc) is 2.68. The van der Waals surface area contributed by atoms with Crippen molar-refractivity contribution in [3.8, 4) is 0 Å². The molecule has 2 aliphatic rings. The summed E-state index contributed by atoms with van der Waals surface area (Å²) in [5.74, 6) is 1.32. The van der Waals surface area contributed by atoms with Gasteiger partial charge >= 0.3 is 0 Å². The van der Waals surface area contributed by atoms with Crippen LogP contribution in [-0.2, 0) is 24.9 Å². The van der Waals surface area contributed by atoms with E-state index in [0.29, 0.717) is 5.54 Å². The molecule has 94 valence electrons. The number of hydrogen-bond donors (Lipinski definition) is 1. The van der Waals surface area contributed by atoms with E-state index in [2.05, 4.69) is 23.7 Å². The van der Waals surface area contributed by atoms with Crippen LogP contribution in [0.15, 0.2) is 0 Å². The van der Waals surface area contributed by atoms with Gasteiger partial charge in [-0.1, -0.05) is 13.8 Å².